The number of amidine groups is 1. The van der Waals surface area contributed by atoms with E-state index in [4.69, 9.17) is 32.5 Å². The van der Waals surface area contributed by atoms with Gasteiger partial charge < -0.3 is 20.9 Å². The zero-order valence-corrected chi connectivity index (χ0v) is 9.42. The number of aliphatic imine (C=N–C) groups is 1. The van der Waals surface area contributed by atoms with Crippen molar-refractivity contribution in [3.05, 3.63) is 23.8 Å². The standard InChI is InChI=1S/C9H10BClN2O4/c11-4-8(12)13-7-3-5(9(14)15)1-2-6(7)10(16)17/h1-3,16-17H,4H2,(H2,12,13)(H,14,15). The summed E-state index contributed by atoms with van der Waals surface area (Å²) in [6, 6.07) is 3.69. The molecule has 5 N–H and O–H groups in total. The Hall–Kier alpha value is -1.57. The second-order valence-corrected chi connectivity index (χ2v) is 3.46. The van der Waals surface area contributed by atoms with Gasteiger partial charge in [0.15, 0.2) is 0 Å². The van der Waals surface area contributed by atoms with E-state index in [0.717, 1.165) is 0 Å². The van der Waals surface area contributed by atoms with Crippen LogP contribution >= 0.6 is 11.6 Å². The van der Waals surface area contributed by atoms with Gasteiger partial charge in [-0.1, -0.05) is 6.07 Å². The van der Waals surface area contributed by atoms with Gasteiger partial charge >= 0.3 is 13.1 Å². The van der Waals surface area contributed by atoms with Crippen LogP contribution in [-0.4, -0.2) is 40.0 Å². The molecule has 8 heteroatoms. The molecule has 1 rings (SSSR count). The summed E-state index contributed by atoms with van der Waals surface area (Å²) in [6.45, 7) is 0. The first-order valence-corrected chi connectivity index (χ1v) is 5.11. The summed E-state index contributed by atoms with van der Waals surface area (Å²) in [5, 5.41) is 27.0. The van der Waals surface area contributed by atoms with Crippen LogP contribution in [0, 0.1) is 0 Å². The quantitative estimate of drug-likeness (QED) is 0.246. The third-order valence-electron chi connectivity index (χ3n) is 1.96. The highest BCUT2D eigenvalue weighted by atomic mass is 35.5. The van der Waals surface area contributed by atoms with Gasteiger partial charge in [0.25, 0.3) is 0 Å². The van der Waals surface area contributed by atoms with E-state index in [1.54, 1.807) is 0 Å². The minimum atomic E-state index is -1.76. The van der Waals surface area contributed by atoms with Gasteiger partial charge in [0.05, 0.1) is 17.1 Å². The molecule has 1 aromatic carbocycles. The van der Waals surface area contributed by atoms with E-state index in [1.807, 2.05) is 0 Å². The number of benzene rings is 1. The topological polar surface area (TPSA) is 116 Å². The monoisotopic (exact) mass is 256 g/mol. The largest absolute Gasteiger partial charge is 0.490 e. The number of halogens is 1. The number of carboxylic acids is 1. The minimum Gasteiger partial charge on any atom is -0.478 e. The van der Waals surface area contributed by atoms with Crippen LogP contribution < -0.4 is 11.2 Å². The molecular weight excluding hydrogens is 246 g/mol. The normalized spacial score (nSPS) is 11.4. The molecule has 0 fully saturated rings. The smallest absolute Gasteiger partial charge is 0.478 e. The SMILES string of the molecule is NC(CCl)=Nc1cc(C(=O)O)ccc1B(O)O. The van der Waals surface area contributed by atoms with Crippen molar-refractivity contribution in [1.29, 1.82) is 0 Å². The molecule has 0 aliphatic heterocycles. The number of carbonyl (C=O) groups is 1. The number of alkyl halides is 1. The van der Waals surface area contributed by atoms with E-state index in [1.165, 1.54) is 18.2 Å². The number of aromatic carboxylic acids is 1. The van der Waals surface area contributed by atoms with Crippen molar-refractivity contribution in [3.8, 4) is 0 Å². The summed E-state index contributed by atoms with van der Waals surface area (Å²) in [6.07, 6.45) is 0. The third kappa shape index (κ3) is 3.45. The number of hydrogen-bond acceptors (Lipinski definition) is 4. The average Bonchev–Trinajstić information content (AvgIpc) is 2.28. The van der Waals surface area contributed by atoms with Crippen molar-refractivity contribution in [2.75, 3.05) is 5.88 Å². The molecule has 0 amide bonds. The van der Waals surface area contributed by atoms with Crippen LogP contribution in [0.25, 0.3) is 0 Å². The lowest BCUT2D eigenvalue weighted by Crippen LogP contribution is -2.31. The predicted octanol–water partition coefficient (Wildman–Crippen LogP) is -0.708. The van der Waals surface area contributed by atoms with Crippen LogP contribution in [0.2, 0.25) is 0 Å². The molecular formula is C9H10BClN2O4. The average molecular weight is 256 g/mol. The summed E-state index contributed by atoms with van der Waals surface area (Å²) in [5.74, 6) is -1.14. The van der Waals surface area contributed by atoms with Gasteiger partial charge in [-0.15, -0.1) is 11.6 Å². The fourth-order valence-electron chi connectivity index (χ4n) is 1.18. The van der Waals surface area contributed by atoms with Crippen molar-refractivity contribution in [2.24, 2.45) is 10.7 Å². The number of rotatable bonds is 4. The molecule has 90 valence electrons. The summed E-state index contributed by atoms with van der Waals surface area (Å²) >= 11 is 5.44. The molecule has 1 aromatic rings. The highest BCUT2D eigenvalue weighted by Crippen LogP contribution is 2.13. The summed E-state index contributed by atoms with van der Waals surface area (Å²) in [5.41, 5.74) is 5.50. The van der Waals surface area contributed by atoms with Gasteiger partial charge in [-0.05, 0) is 12.1 Å². The second-order valence-electron chi connectivity index (χ2n) is 3.19. The Balaban J connectivity index is 3.30. The molecule has 6 nitrogen and oxygen atoms in total. The van der Waals surface area contributed by atoms with Gasteiger partial charge in [0.2, 0.25) is 0 Å². The summed E-state index contributed by atoms with van der Waals surface area (Å²) in [7, 11) is -1.76. The molecule has 0 spiro atoms. The van der Waals surface area contributed by atoms with Crippen LogP contribution in [0.15, 0.2) is 23.2 Å². The maximum Gasteiger partial charge on any atom is 0.490 e. The Morgan fingerprint density at radius 2 is 2.12 bits per heavy atom. The zero-order valence-electron chi connectivity index (χ0n) is 8.67. The molecule has 0 unspecified atom stereocenters. The van der Waals surface area contributed by atoms with E-state index in [-0.39, 0.29) is 28.4 Å². The number of nitrogens with zero attached hydrogens (tertiary/aromatic N) is 1. The van der Waals surface area contributed by atoms with Gasteiger partial charge in [0.1, 0.15) is 5.84 Å². The van der Waals surface area contributed by atoms with Gasteiger partial charge in [-0.3, -0.25) is 0 Å². The molecule has 0 atom stereocenters. The Bertz CT molecular complexity index is 464. The highest BCUT2D eigenvalue weighted by Gasteiger charge is 2.17. The lowest BCUT2D eigenvalue weighted by Gasteiger charge is -2.06. The molecule has 0 aliphatic carbocycles. The van der Waals surface area contributed by atoms with Crippen LogP contribution in [0.1, 0.15) is 10.4 Å². The fourth-order valence-corrected chi connectivity index (χ4v) is 1.24. The van der Waals surface area contributed by atoms with Crippen molar-refractivity contribution >= 4 is 41.7 Å². The van der Waals surface area contributed by atoms with E-state index in [9.17, 15) is 4.79 Å². The number of carboxylic acid groups (broad SMARTS) is 1. The molecule has 0 heterocycles. The summed E-state index contributed by atoms with van der Waals surface area (Å²) < 4.78 is 0. The first-order valence-electron chi connectivity index (χ1n) is 4.58. The van der Waals surface area contributed by atoms with Crippen LogP contribution in [-0.2, 0) is 0 Å². The van der Waals surface area contributed by atoms with Crippen LogP contribution in [0.3, 0.4) is 0 Å². The Labute approximate surface area is 103 Å². The highest BCUT2D eigenvalue weighted by molar-refractivity contribution is 6.60. The molecule has 0 bridgehead atoms. The fraction of sp³-hybridized carbons (Fsp3) is 0.111. The molecule has 0 saturated heterocycles. The van der Waals surface area contributed by atoms with Gasteiger partial charge in [-0.25, -0.2) is 9.79 Å². The maximum absolute atomic E-state index is 10.8. The molecule has 17 heavy (non-hydrogen) atoms. The number of hydrogen-bond donors (Lipinski definition) is 4. The Morgan fingerprint density at radius 1 is 1.47 bits per heavy atom. The molecule has 0 radical (unpaired) electrons. The van der Waals surface area contributed by atoms with E-state index >= 15 is 0 Å². The van der Waals surface area contributed by atoms with Crippen LogP contribution in [0.5, 0.6) is 0 Å². The molecule has 0 aliphatic rings. The lowest BCUT2D eigenvalue weighted by atomic mass is 9.78. The zero-order chi connectivity index (χ0) is 13.0. The Morgan fingerprint density at radius 3 is 2.59 bits per heavy atom. The lowest BCUT2D eigenvalue weighted by molar-refractivity contribution is 0.0697. The second kappa shape index (κ2) is 5.67. The van der Waals surface area contributed by atoms with Crippen molar-refractivity contribution in [2.45, 2.75) is 0 Å². The van der Waals surface area contributed by atoms with Gasteiger partial charge in [0, 0.05) is 5.46 Å². The summed E-state index contributed by atoms with van der Waals surface area (Å²) in [4.78, 5) is 14.6. The van der Waals surface area contributed by atoms with Crippen molar-refractivity contribution in [1.82, 2.24) is 0 Å². The predicted molar refractivity (Wildman–Crippen MR) is 65.2 cm³/mol. The molecule has 0 aromatic heterocycles. The number of nitrogens with two attached hydrogens (primary N) is 1. The van der Waals surface area contributed by atoms with Crippen molar-refractivity contribution < 1.29 is 19.9 Å². The minimum absolute atomic E-state index is 0.0319. The van der Waals surface area contributed by atoms with E-state index < -0.39 is 13.1 Å². The van der Waals surface area contributed by atoms with Crippen molar-refractivity contribution in [3.63, 3.8) is 0 Å². The molecule has 0 saturated carbocycles. The first kappa shape index (κ1) is 13.5. The van der Waals surface area contributed by atoms with E-state index in [0.29, 0.717) is 0 Å². The van der Waals surface area contributed by atoms with Gasteiger partial charge in [-0.2, -0.15) is 0 Å². The first-order chi connectivity index (χ1) is 7.95. The van der Waals surface area contributed by atoms with E-state index in [2.05, 4.69) is 4.99 Å². The maximum atomic E-state index is 10.8. The third-order valence-corrected chi connectivity index (χ3v) is 2.23. The Kier molecular flexibility index (Phi) is 4.50. The van der Waals surface area contributed by atoms with Crippen LogP contribution in [0.4, 0.5) is 5.69 Å².